The van der Waals surface area contributed by atoms with Crippen molar-refractivity contribution < 1.29 is 19.5 Å². The molecule has 0 radical (unpaired) electrons. The summed E-state index contributed by atoms with van der Waals surface area (Å²) in [6.07, 6.45) is 0.240. The summed E-state index contributed by atoms with van der Waals surface area (Å²) in [6, 6.07) is -1.41. The van der Waals surface area contributed by atoms with Crippen LogP contribution in [0.5, 0.6) is 0 Å². The van der Waals surface area contributed by atoms with Gasteiger partial charge in [0.25, 0.3) is 0 Å². The molecule has 0 saturated carbocycles. The van der Waals surface area contributed by atoms with Gasteiger partial charge < -0.3 is 21.1 Å². The monoisotopic (exact) mass is 287 g/mol. The van der Waals surface area contributed by atoms with E-state index in [1.165, 1.54) is 6.92 Å². The molecular formula is C13H25N3O4. The summed E-state index contributed by atoms with van der Waals surface area (Å²) in [4.78, 5) is 34.5. The number of carbonyl (C=O) groups excluding carboxylic acids is 2. The minimum Gasteiger partial charge on any atom is -0.480 e. The predicted molar refractivity (Wildman–Crippen MR) is 75.3 cm³/mol. The second-order valence-corrected chi connectivity index (χ2v) is 5.45. The number of nitrogens with one attached hydrogen (secondary N) is 3. The fourth-order valence-corrected chi connectivity index (χ4v) is 1.30. The fraction of sp³-hybridized carbons (Fsp3) is 0.769. The van der Waals surface area contributed by atoms with Crippen molar-refractivity contribution in [2.75, 3.05) is 6.54 Å². The number of hydrogen-bond acceptors (Lipinski definition) is 3. The molecule has 0 heterocycles. The van der Waals surface area contributed by atoms with Crippen molar-refractivity contribution >= 4 is 17.9 Å². The third-order valence-electron chi connectivity index (χ3n) is 2.99. The van der Waals surface area contributed by atoms with Crippen LogP contribution in [0, 0.1) is 5.92 Å². The second-order valence-electron chi connectivity index (χ2n) is 5.45. The average molecular weight is 287 g/mol. The normalized spacial score (nSPS) is 15.1. The Balaban J connectivity index is 4.39. The van der Waals surface area contributed by atoms with E-state index in [0.717, 1.165) is 0 Å². The van der Waals surface area contributed by atoms with Crippen LogP contribution in [0.1, 0.15) is 41.0 Å². The molecule has 0 aliphatic carbocycles. The topological polar surface area (TPSA) is 108 Å². The van der Waals surface area contributed by atoms with Gasteiger partial charge >= 0.3 is 12.0 Å². The number of carboxylic acids is 1. The number of amides is 3. The van der Waals surface area contributed by atoms with Crippen LogP contribution >= 0.6 is 0 Å². The minimum absolute atomic E-state index is 0.240. The molecular weight excluding hydrogens is 262 g/mol. The highest BCUT2D eigenvalue weighted by molar-refractivity contribution is 5.89. The first-order chi connectivity index (χ1) is 9.12. The van der Waals surface area contributed by atoms with Crippen LogP contribution in [-0.4, -0.2) is 41.1 Å². The Kier molecular flexibility index (Phi) is 7.02. The molecule has 0 aromatic rings. The first-order valence-electron chi connectivity index (χ1n) is 6.72. The molecule has 0 rings (SSSR count). The predicted octanol–water partition coefficient (Wildman–Crippen LogP) is 0.700. The second kappa shape index (κ2) is 7.72. The van der Waals surface area contributed by atoms with Gasteiger partial charge in [0.05, 0.1) is 0 Å². The molecule has 2 atom stereocenters. The first kappa shape index (κ1) is 18.2. The van der Waals surface area contributed by atoms with Gasteiger partial charge in [0.15, 0.2) is 0 Å². The van der Waals surface area contributed by atoms with Crippen LogP contribution in [0.2, 0.25) is 0 Å². The maximum atomic E-state index is 11.7. The number of rotatable bonds is 7. The van der Waals surface area contributed by atoms with E-state index in [4.69, 9.17) is 5.11 Å². The molecule has 3 amide bonds. The van der Waals surface area contributed by atoms with Crippen molar-refractivity contribution in [2.24, 2.45) is 5.92 Å². The SMILES string of the molecule is CCC(C)(NC(=O)NC(C)C(=O)NCC(C)C)C(=O)O. The molecule has 7 heteroatoms. The Labute approximate surface area is 119 Å². The van der Waals surface area contributed by atoms with Crippen LogP contribution < -0.4 is 16.0 Å². The van der Waals surface area contributed by atoms with Gasteiger partial charge in [-0.1, -0.05) is 20.8 Å². The molecule has 0 saturated heterocycles. The van der Waals surface area contributed by atoms with Crippen LogP contribution in [-0.2, 0) is 9.59 Å². The first-order valence-corrected chi connectivity index (χ1v) is 6.72. The molecule has 0 aromatic carbocycles. The molecule has 4 N–H and O–H groups in total. The van der Waals surface area contributed by atoms with E-state index in [1.54, 1.807) is 13.8 Å². The summed E-state index contributed by atoms with van der Waals surface area (Å²) < 4.78 is 0. The molecule has 0 aliphatic rings. The van der Waals surface area contributed by atoms with E-state index < -0.39 is 23.6 Å². The van der Waals surface area contributed by atoms with Gasteiger partial charge in [0.2, 0.25) is 5.91 Å². The molecule has 0 fully saturated rings. The van der Waals surface area contributed by atoms with Crippen molar-refractivity contribution in [3.05, 3.63) is 0 Å². The number of carbonyl (C=O) groups is 3. The summed E-state index contributed by atoms with van der Waals surface area (Å²) in [5, 5.41) is 16.5. The van der Waals surface area contributed by atoms with Gasteiger partial charge in [0, 0.05) is 6.54 Å². The highest BCUT2D eigenvalue weighted by Gasteiger charge is 2.33. The highest BCUT2D eigenvalue weighted by atomic mass is 16.4. The van der Waals surface area contributed by atoms with Gasteiger partial charge in [-0.05, 0) is 26.2 Å². The summed E-state index contributed by atoms with van der Waals surface area (Å²) in [7, 11) is 0. The van der Waals surface area contributed by atoms with E-state index in [2.05, 4.69) is 16.0 Å². The molecule has 20 heavy (non-hydrogen) atoms. The van der Waals surface area contributed by atoms with Crippen molar-refractivity contribution in [1.29, 1.82) is 0 Å². The average Bonchev–Trinajstić information content (AvgIpc) is 2.34. The molecule has 0 spiro atoms. The van der Waals surface area contributed by atoms with Gasteiger partial charge in [0.1, 0.15) is 11.6 Å². The quantitative estimate of drug-likeness (QED) is 0.553. The van der Waals surface area contributed by atoms with Crippen LogP contribution in [0.3, 0.4) is 0 Å². The summed E-state index contributed by atoms with van der Waals surface area (Å²) in [5.41, 5.74) is -1.35. The molecule has 0 aromatic heterocycles. The molecule has 7 nitrogen and oxygen atoms in total. The van der Waals surface area contributed by atoms with Crippen molar-refractivity contribution in [3.8, 4) is 0 Å². The largest absolute Gasteiger partial charge is 0.480 e. The summed E-state index contributed by atoms with van der Waals surface area (Å²) >= 11 is 0. The Morgan fingerprint density at radius 3 is 2.15 bits per heavy atom. The van der Waals surface area contributed by atoms with Crippen molar-refractivity contribution in [1.82, 2.24) is 16.0 Å². The third-order valence-corrected chi connectivity index (χ3v) is 2.99. The maximum Gasteiger partial charge on any atom is 0.329 e. The van der Waals surface area contributed by atoms with Crippen molar-refractivity contribution in [3.63, 3.8) is 0 Å². The van der Waals surface area contributed by atoms with E-state index >= 15 is 0 Å². The highest BCUT2D eigenvalue weighted by Crippen LogP contribution is 2.08. The van der Waals surface area contributed by atoms with E-state index in [9.17, 15) is 14.4 Å². The molecule has 2 unspecified atom stereocenters. The summed E-state index contributed by atoms with van der Waals surface area (Å²) in [5.74, 6) is -1.11. The Morgan fingerprint density at radius 2 is 1.75 bits per heavy atom. The lowest BCUT2D eigenvalue weighted by molar-refractivity contribution is -0.143. The Bertz CT molecular complexity index is 371. The van der Waals surface area contributed by atoms with Crippen LogP contribution in [0.25, 0.3) is 0 Å². The molecule has 116 valence electrons. The van der Waals surface area contributed by atoms with Gasteiger partial charge in [-0.15, -0.1) is 0 Å². The van der Waals surface area contributed by atoms with Crippen LogP contribution in [0.15, 0.2) is 0 Å². The zero-order chi connectivity index (χ0) is 15.9. The zero-order valence-electron chi connectivity index (χ0n) is 12.7. The van der Waals surface area contributed by atoms with Crippen LogP contribution in [0.4, 0.5) is 4.79 Å². The Morgan fingerprint density at radius 1 is 1.20 bits per heavy atom. The van der Waals surface area contributed by atoms with E-state index in [-0.39, 0.29) is 12.3 Å². The van der Waals surface area contributed by atoms with Gasteiger partial charge in [-0.3, -0.25) is 4.79 Å². The number of hydrogen-bond donors (Lipinski definition) is 4. The third kappa shape index (κ3) is 5.90. The molecule has 0 aliphatic heterocycles. The van der Waals surface area contributed by atoms with E-state index in [0.29, 0.717) is 12.5 Å². The smallest absolute Gasteiger partial charge is 0.329 e. The number of urea groups is 1. The number of carboxylic acid groups (broad SMARTS) is 1. The Hall–Kier alpha value is -1.79. The molecule has 0 bridgehead atoms. The lowest BCUT2D eigenvalue weighted by Gasteiger charge is -2.25. The van der Waals surface area contributed by atoms with Gasteiger partial charge in [-0.25, -0.2) is 9.59 Å². The lowest BCUT2D eigenvalue weighted by Crippen LogP contribution is -2.57. The maximum absolute atomic E-state index is 11.7. The van der Waals surface area contributed by atoms with Crippen molar-refractivity contribution in [2.45, 2.75) is 52.6 Å². The zero-order valence-corrected chi connectivity index (χ0v) is 12.7. The van der Waals surface area contributed by atoms with E-state index in [1.807, 2.05) is 13.8 Å². The lowest BCUT2D eigenvalue weighted by atomic mass is 10.00. The van der Waals surface area contributed by atoms with Gasteiger partial charge in [-0.2, -0.15) is 0 Å². The summed E-state index contributed by atoms with van der Waals surface area (Å²) in [6.45, 7) is 9.06. The fourth-order valence-electron chi connectivity index (χ4n) is 1.30. The standard InChI is InChI=1S/C13H25N3O4/c1-6-13(5,11(18)19)16-12(20)15-9(4)10(17)14-7-8(2)3/h8-9H,6-7H2,1-5H3,(H,14,17)(H,18,19)(H2,15,16,20). The number of aliphatic carboxylic acids is 1. The minimum atomic E-state index is -1.35.